The average Bonchev–Trinajstić information content (AvgIpc) is 3.15. The van der Waals surface area contributed by atoms with Crippen molar-refractivity contribution in [2.75, 3.05) is 12.1 Å². The number of hydrogen-bond donors (Lipinski definition) is 0. The first kappa shape index (κ1) is 17.4. The van der Waals surface area contributed by atoms with Gasteiger partial charge in [-0.05, 0) is 29.8 Å². The summed E-state index contributed by atoms with van der Waals surface area (Å²) in [6.07, 6.45) is -0.932. The Bertz CT molecular complexity index is 931. The minimum atomic E-state index is -0.932. The molecule has 2 aromatic carbocycles. The molecule has 3 atom stereocenters. The van der Waals surface area contributed by atoms with Gasteiger partial charge in [0.25, 0.3) is 11.6 Å². The molecule has 0 bridgehead atoms. The molecule has 2 amide bonds. The number of imide groups is 1. The number of benzene rings is 2. The van der Waals surface area contributed by atoms with Crippen LogP contribution in [0.1, 0.15) is 11.6 Å². The van der Waals surface area contributed by atoms with Crippen molar-refractivity contribution in [1.82, 2.24) is 4.90 Å². The predicted molar refractivity (Wildman–Crippen MR) is 95.9 cm³/mol. The number of fused-ring (bicyclic) bond motifs is 1. The SMILES string of the molecule is CN1C(=O)[C@H]2[C@@H](ON(c3ccc(Cl)cc3)[C@H]2c2ccc([N+](=O)[O-])cc2)C1=O. The minimum absolute atomic E-state index is 0.0572. The lowest BCUT2D eigenvalue weighted by Gasteiger charge is -2.28. The first-order valence-corrected chi connectivity index (χ1v) is 8.53. The smallest absolute Gasteiger partial charge is 0.269 e. The fourth-order valence-corrected chi connectivity index (χ4v) is 3.62. The van der Waals surface area contributed by atoms with Crippen molar-refractivity contribution in [1.29, 1.82) is 0 Å². The van der Waals surface area contributed by atoms with Crippen molar-refractivity contribution in [2.45, 2.75) is 12.1 Å². The van der Waals surface area contributed by atoms with Crippen molar-refractivity contribution in [2.24, 2.45) is 5.92 Å². The van der Waals surface area contributed by atoms with Crippen LogP contribution in [0.5, 0.6) is 0 Å². The number of hydrogen-bond acceptors (Lipinski definition) is 6. The van der Waals surface area contributed by atoms with Crippen molar-refractivity contribution >= 4 is 34.8 Å². The Labute approximate surface area is 159 Å². The van der Waals surface area contributed by atoms with E-state index in [1.807, 2.05) is 0 Å². The van der Waals surface area contributed by atoms with E-state index in [2.05, 4.69) is 0 Å². The highest BCUT2D eigenvalue weighted by Gasteiger charge is 2.58. The number of likely N-dealkylation sites (tertiary alicyclic amines) is 1. The van der Waals surface area contributed by atoms with Gasteiger partial charge >= 0.3 is 0 Å². The van der Waals surface area contributed by atoms with Gasteiger partial charge < -0.3 is 0 Å². The second-order valence-electron chi connectivity index (χ2n) is 6.38. The first-order valence-electron chi connectivity index (χ1n) is 8.16. The summed E-state index contributed by atoms with van der Waals surface area (Å²) in [6, 6.07) is 12.1. The maximum atomic E-state index is 12.7. The number of amides is 2. The Morgan fingerprint density at radius 3 is 2.26 bits per heavy atom. The quantitative estimate of drug-likeness (QED) is 0.456. The van der Waals surface area contributed by atoms with Gasteiger partial charge in [-0.2, -0.15) is 0 Å². The highest BCUT2D eigenvalue weighted by Crippen LogP contribution is 2.46. The molecule has 2 heterocycles. The van der Waals surface area contributed by atoms with E-state index in [-0.39, 0.29) is 11.6 Å². The Morgan fingerprint density at radius 2 is 1.67 bits per heavy atom. The molecule has 2 aromatic rings. The van der Waals surface area contributed by atoms with Crippen molar-refractivity contribution in [3.05, 3.63) is 69.2 Å². The lowest BCUT2D eigenvalue weighted by atomic mass is 9.90. The number of rotatable bonds is 3. The summed E-state index contributed by atoms with van der Waals surface area (Å²) in [5.41, 5.74) is 1.21. The molecule has 27 heavy (non-hydrogen) atoms. The van der Waals surface area contributed by atoms with Gasteiger partial charge in [-0.25, -0.2) is 5.06 Å². The van der Waals surface area contributed by atoms with Gasteiger partial charge in [-0.1, -0.05) is 23.7 Å². The molecule has 0 aromatic heterocycles. The summed E-state index contributed by atoms with van der Waals surface area (Å²) in [7, 11) is 1.42. The number of hydroxylamine groups is 1. The van der Waals surface area contributed by atoms with Crippen LogP contribution in [0.2, 0.25) is 5.02 Å². The van der Waals surface area contributed by atoms with E-state index in [1.165, 1.54) is 24.2 Å². The standard InChI is InChI=1S/C18H14ClN3O5/c1-20-17(23)14-15(10-2-6-13(7-3-10)22(25)26)21(27-16(14)18(20)24)12-8-4-11(19)5-9-12/h2-9,14-16H,1H3/t14-,15+,16-/m1/s1. The number of likely N-dealkylation sites (N-methyl/N-ethyl adjacent to an activating group) is 1. The molecular weight excluding hydrogens is 374 g/mol. The molecule has 138 valence electrons. The predicted octanol–water partition coefficient (Wildman–Crippen LogP) is 2.72. The maximum absolute atomic E-state index is 12.7. The van der Waals surface area contributed by atoms with E-state index in [4.69, 9.17) is 16.4 Å². The van der Waals surface area contributed by atoms with Gasteiger partial charge in [-0.15, -0.1) is 0 Å². The van der Waals surface area contributed by atoms with Crippen LogP contribution in [0, 0.1) is 16.0 Å². The lowest BCUT2D eigenvalue weighted by Crippen LogP contribution is -2.34. The molecule has 2 aliphatic heterocycles. The molecule has 9 heteroatoms. The molecule has 8 nitrogen and oxygen atoms in total. The van der Waals surface area contributed by atoms with Gasteiger partial charge in [0.15, 0.2) is 6.10 Å². The second-order valence-corrected chi connectivity index (χ2v) is 6.82. The van der Waals surface area contributed by atoms with Crippen LogP contribution in [0.25, 0.3) is 0 Å². The van der Waals surface area contributed by atoms with Gasteiger partial charge in [-0.3, -0.25) is 29.4 Å². The van der Waals surface area contributed by atoms with E-state index in [1.54, 1.807) is 36.4 Å². The number of nitro benzene ring substituents is 1. The summed E-state index contributed by atoms with van der Waals surface area (Å²) < 4.78 is 0. The number of carbonyl (C=O) groups excluding carboxylic acids is 2. The number of carbonyl (C=O) groups is 2. The molecular formula is C18H14ClN3O5. The monoisotopic (exact) mass is 387 g/mol. The zero-order chi connectivity index (χ0) is 19.3. The number of non-ortho nitro benzene ring substituents is 1. The summed E-state index contributed by atoms with van der Waals surface area (Å²) in [5.74, 6) is -1.49. The van der Waals surface area contributed by atoms with Crippen molar-refractivity contribution in [3.8, 4) is 0 Å². The second kappa shape index (κ2) is 6.33. The molecule has 0 unspecified atom stereocenters. The van der Waals surface area contributed by atoms with Crippen LogP contribution in [0.3, 0.4) is 0 Å². The van der Waals surface area contributed by atoms with Crippen molar-refractivity contribution in [3.63, 3.8) is 0 Å². The third-order valence-corrected chi connectivity index (χ3v) is 5.11. The molecule has 0 N–H and O–H groups in total. The largest absolute Gasteiger partial charge is 0.283 e. The van der Waals surface area contributed by atoms with E-state index in [9.17, 15) is 19.7 Å². The molecule has 0 radical (unpaired) electrons. The third kappa shape index (κ3) is 2.73. The van der Waals surface area contributed by atoms with E-state index in [0.717, 1.165) is 4.90 Å². The van der Waals surface area contributed by atoms with Gasteiger partial charge in [0.05, 0.1) is 16.7 Å². The Morgan fingerprint density at radius 1 is 1.04 bits per heavy atom. The molecule has 2 aliphatic rings. The van der Waals surface area contributed by atoms with Crippen molar-refractivity contribution < 1.29 is 19.3 Å². The Kier molecular flexibility index (Phi) is 4.09. The Balaban J connectivity index is 1.79. The third-order valence-electron chi connectivity index (χ3n) is 4.86. The molecule has 2 saturated heterocycles. The highest BCUT2D eigenvalue weighted by molar-refractivity contribution is 6.30. The molecule has 0 aliphatic carbocycles. The van der Waals surface area contributed by atoms with Crippen LogP contribution >= 0.6 is 11.6 Å². The normalized spacial score (nSPS) is 24.4. The van der Waals surface area contributed by atoms with Crippen LogP contribution < -0.4 is 5.06 Å². The fraction of sp³-hybridized carbons (Fsp3) is 0.222. The zero-order valence-corrected chi connectivity index (χ0v) is 14.9. The topological polar surface area (TPSA) is 93.0 Å². The number of halogens is 1. The first-order chi connectivity index (χ1) is 12.9. The van der Waals surface area contributed by atoms with Gasteiger partial charge in [0.1, 0.15) is 5.92 Å². The van der Waals surface area contributed by atoms with Gasteiger partial charge in [0, 0.05) is 24.2 Å². The highest BCUT2D eigenvalue weighted by atomic mass is 35.5. The Hall–Kier alpha value is -2.97. The maximum Gasteiger partial charge on any atom is 0.269 e. The molecule has 2 fully saturated rings. The lowest BCUT2D eigenvalue weighted by molar-refractivity contribution is -0.384. The van der Waals surface area contributed by atoms with Crippen LogP contribution in [-0.2, 0) is 14.4 Å². The fourth-order valence-electron chi connectivity index (χ4n) is 3.50. The van der Waals surface area contributed by atoms with Crippen LogP contribution in [0.4, 0.5) is 11.4 Å². The average molecular weight is 388 g/mol. The molecule has 0 spiro atoms. The van der Waals surface area contributed by atoms with E-state index >= 15 is 0 Å². The minimum Gasteiger partial charge on any atom is -0.283 e. The number of nitro groups is 1. The van der Waals surface area contributed by atoms with Gasteiger partial charge in [0.2, 0.25) is 5.91 Å². The summed E-state index contributed by atoms with van der Waals surface area (Å²) >= 11 is 5.94. The molecule has 4 rings (SSSR count). The van der Waals surface area contributed by atoms with E-state index in [0.29, 0.717) is 16.3 Å². The zero-order valence-electron chi connectivity index (χ0n) is 14.1. The summed E-state index contributed by atoms with van der Waals surface area (Å²) in [4.78, 5) is 42.4. The summed E-state index contributed by atoms with van der Waals surface area (Å²) in [5, 5.41) is 13.0. The summed E-state index contributed by atoms with van der Waals surface area (Å²) in [6.45, 7) is 0. The number of anilines is 1. The van der Waals surface area contributed by atoms with Crippen LogP contribution in [-0.4, -0.2) is 34.8 Å². The number of nitrogens with zero attached hydrogens (tertiary/aromatic N) is 3. The van der Waals surface area contributed by atoms with Crippen LogP contribution in [0.15, 0.2) is 48.5 Å². The molecule has 0 saturated carbocycles. The van der Waals surface area contributed by atoms with E-state index < -0.39 is 28.9 Å².